The van der Waals surface area contributed by atoms with Crippen LogP contribution in [0.5, 0.6) is 0 Å². The highest BCUT2D eigenvalue weighted by atomic mass is 19.1. The quantitative estimate of drug-likeness (QED) is 0.860. The molecule has 0 bridgehead atoms. The van der Waals surface area contributed by atoms with E-state index >= 15 is 0 Å². The molecule has 0 aliphatic rings. The molecule has 0 radical (unpaired) electrons. The van der Waals surface area contributed by atoms with Crippen LogP contribution in [-0.4, -0.2) is 23.8 Å². The smallest absolute Gasteiger partial charge is 0.407 e. The molecule has 0 aromatic heterocycles. The van der Waals surface area contributed by atoms with Crippen LogP contribution in [0.4, 0.5) is 13.6 Å². The molecule has 2 N–H and O–H groups in total. The van der Waals surface area contributed by atoms with Gasteiger partial charge in [0, 0.05) is 6.07 Å². The number of alkyl carbamates (subject to hydrolysis) is 1. The number of carbonyl (C=O) groups excluding carboxylic acids is 1. The molecule has 0 saturated heterocycles. The summed E-state index contributed by atoms with van der Waals surface area (Å²) in [5.74, 6) is -1.41. The molecule has 4 nitrogen and oxygen atoms in total. The highest BCUT2D eigenvalue weighted by Crippen LogP contribution is 2.10. The van der Waals surface area contributed by atoms with E-state index in [-0.39, 0.29) is 19.6 Å². The van der Waals surface area contributed by atoms with Crippen molar-refractivity contribution < 1.29 is 23.4 Å². The second-order valence-corrected chi connectivity index (χ2v) is 5.07. The van der Waals surface area contributed by atoms with Gasteiger partial charge in [-0.3, -0.25) is 0 Å². The second kappa shape index (κ2) is 8.24. The number of nitrogens with one attached hydrogen (secondary N) is 1. The molecule has 0 saturated carbocycles. The summed E-state index contributed by atoms with van der Waals surface area (Å²) in [5, 5.41) is 11.8. The van der Waals surface area contributed by atoms with Crippen molar-refractivity contribution in [2.24, 2.45) is 0 Å². The minimum absolute atomic E-state index is 0.0889. The Morgan fingerprint density at radius 3 is 2.35 bits per heavy atom. The lowest BCUT2D eigenvalue weighted by Gasteiger charge is -2.16. The van der Waals surface area contributed by atoms with Crippen molar-refractivity contribution in [2.45, 2.75) is 19.1 Å². The van der Waals surface area contributed by atoms with Gasteiger partial charge in [-0.05, 0) is 29.7 Å². The molecule has 1 amide bonds. The predicted molar refractivity (Wildman–Crippen MR) is 80.7 cm³/mol. The van der Waals surface area contributed by atoms with Gasteiger partial charge in [-0.15, -0.1) is 0 Å². The van der Waals surface area contributed by atoms with Gasteiger partial charge >= 0.3 is 6.09 Å². The standard InChI is InChI=1S/C17H17F2NO3/c18-14-6-13(7-15(19)9-14)8-16(10-21)20-17(22)23-11-12-4-2-1-3-5-12/h1-7,9,16,21H,8,10-11H2,(H,20,22). The van der Waals surface area contributed by atoms with Crippen molar-refractivity contribution in [2.75, 3.05) is 6.61 Å². The lowest BCUT2D eigenvalue weighted by atomic mass is 10.1. The molecule has 122 valence electrons. The topological polar surface area (TPSA) is 58.6 Å². The number of carbonyl (C=O) groups is 1. The first-order chi connectivity index (χ1) is 11.1. The van der Waals surface area contributed by atoms with Gasteiger partial charge in [0.1, 0.15) is 18.2 Å². The minimum Gasteiger partial charge on any atom is -0.445 e. The zero-order valence-electron chi connectivity index (χ0n) is 12.3. The van der Waals surface area contributed by atoms with Crippen molar-refractivity contribution in [1.82, 2.24) is 5.32 Å². The molecule has 6 heteroatoms. The largest absolute Gasteiger partial charge is 0.445 e. The van der Waals surface area contributed by atoms with Gasteiger partial charge in [-0.1, -0.05) is 30.3 Å². The normalized spacial score (nSPS) is 11.8. The molecule has 0 spiro atoms. The number of ether oxygens (including phenoxy) is 1. The summed E-state index contributed by atoms with van der Waals surface area (Å²) >= 11 is 0. The lowest BCUT2D eigenvalue weighted by Crippen LogP contribution is -2.39. The number of amides is 1. The Labute approximate surface area is 132 Å². The molecule has 23 heavy (non-hydrogen) atoms. The Hall–Kier alpha value is -2.47. The fraction of sp³-hybridized carbons (Fsp3) is 0.235. The fourth-order valence-corrected chi connectivity index (χ4v) is 2.11. The summed E-state index contributed by atoms with van der Waals surface area (Å²) in [4.78, 5) is 11.7. The fourth-order valence-electron chi connectivity index (χ4n) is 2.11. The average molecular weight is 321 g/mol. The maximum absolute atomic E-state index is 13.1. The number of aliphatic hydroxyl groups excluding tert-OH is 1. The molecule has 2 aromatic carbocycles. The monoisotopic (exact) mass is 321 g/mol. The van der Waals surface area contributed by atoms with E-state index in [1.807, 2.05) is 30.3 Å². The minimum atomic E-state index is -0.705. The first kappa shape index (κ1) is 16.9. The van der Waals surface area contributed by atoms with Crippen LogP contribution in [0.3, 0.4) is 0 Å². The van der Waals surface area contributed by atoms with E-state index in [1.165, 1.54) is 0 Å². The van der Waals surface area contributed by atoms with Gasteiger partial charge < -0.3 is 15.2 Å². The van der Waals surface area contributed by atoms with E-state index in [9.17, 15) is 18.7 Å². The van der Waals surface area contributed by atoms with E-state index in [0.717, 1.165) is 23.8 Å². The van der Waals surface area contributed by atoms with Crippen LogP contribution in [0.1, 0.15) is 11.1 Å². The van der Waals surface area contributed by atoms with Crippen molar-refractivity contribution in [3.05, 3.63) is 71.3 Å². The van der Waals surface area contributed by atoms with Gasteiger partial charge in [-0.25, -0.2) is 13.6 Å². The van der Waals surface area contributed by atoms with Crippen LogP contribution in [0.15, 0.2) is 48.5 Å². The molecule has 0 aliphatic heterocycles. The lowest BCUT2D eigenvalue weighted by molar-refractivity contribution is 0.129. The van der Waals surface area contributed by atoms with Crippen molar-refractivity contribution in [3.63, 3.8) is 0 Å². The molecule has 0 heterocycles. The van der Waals surface area contributed by atoms with E-state index in [0.29, 0.717) is 5.56 Å². The third-order valence-electron chi connectivity index (χ3n) is 3.16. The summed E-state index contributed by atoms with van der Waals surface area (Å²) in [6, 6.07) is 11.5. The SMILES string of the molecule is O=C(NC(CO)Cc1cc(F)cc(F)c1)OCc1ccccc1. The molecule has 2 aromatic rings. The highest BCUT2D eigenvalue weighted by molar-refractivity contribution is 5.67. The molecule has 0 fully saturated rings. The number of rotatable bonds is 6. The molecular weight excluding hydrogens is 304 g/mol. The number of benzene rings is 2. The first-order valence-electron chi connectivity index (χ1n) is 7.10. The van der Waals surface area contributed by atoms with Crippen molar-refractivity contribution >= 4 is 6.09 Å². The van der Waals surface area contributed by atoms with Gasteiger partial charge in [0.15, 0.2) is 0 Å². The number of hydrogen-bond donors (Lipinski definition) is 2. The van der Waals surface area contributed by atoms with Crippen LogP contribution < -0.4 is 5.32 Å². The molecule has 0 aliphatic carbocycles. The van der Waals surface area contributed by atoms with E-state index < -0.39 is 23.8 Å². The predicted octanol–water partition coefficient (Wildman–Crippen LogP) is 2.79. The van der Waals surface area contributed by atoms with Crippen molar-refractivity contribution in [3.8, 4) is 0 Å². The van der Waals surface area contributed by atoms with Gasteiger partial charge in [0.05, 0.1) is 12.6 Å². The Morgan fingerprint density at radius 1 is 1.09 bits per heavy atom. The number of halogens is 2. The molecular formula is C17H17F2NO3. The van der Waals surface area contributed by atoms with Crippen LogP contribution in [0, 0.1) is 11.6 Å². The summed E-state index contributed by atoms with van der Waals surface area (Å²) in [5.41, 5.74) is 1.17. The van der Waals surface area contributed by atoms with Crippen LogP contribution in [0.2, 0.25) is 0 Å². The summed E-state index contributed by atoms with van der Waals surface area (Å²) in [6.07, 6.45) is -0.615. The van der Waals surface area contributed by atoms with Crippen LogP contribution in [-0.2, 0) is 17.8 Å². The number of aliphatic hydroxyl groups is 1. The van der Waals surface area contributed by atoms with Crippen LogP contribution >= 0.6 is 0 Å². The Balaban J connectivity index is 1.87. The van der Waals surface area contributed by atoms with E-state index in [1.54, 1.807) is 0 Å². The zero-order valence-corrected chi connectivity index (χ0v) is 12.3. The Bertz CT molecular complexity index is 629. The first-order valence-corrected chi connectivity index (χ1v) is 7.10. The summed E-state index contributed by atoms with van der Waals surface area (Å²) in [7, 11) is 0. The Kier molecular flexibility index (Phi) is 6.05. The second-order valence-electron chi connectivity index (χ2n) is 5.07. The van der Waals surface area contributed by atoms with Gasteiger partial charge in [0.25, 0.3) is 0 Å². The average Bonchev–Trinajstić information content (AvgIpc) is 2.52. The van der Waals surface area contributed by atoms with Gasteiger partial charge in [0.2, 0.25) is 0 Å². The maximum Gasteiger partial charge on any atom is 0.407 e. The Morgan fingerprint density at radius 2 is 1.74 bits per heavy atom. The third-order valence-corrected chi connectivity index (χ3v) is 3.16. The summed E-state index contributed by atoms with van der Waals surface area (Å²) < 4.78 is 31.3. The maximum atomic E-state index is 13.1. The molecule has 1 atom stereocenters. The van der Waals surface area contributed by atoms with E-state index in [4.69, 9.17) is 4.74 Å². The van der Waals surface area contributed by atoms with Gasteiger partial charge in [-0.2, -0.15) is 0 Å². The number of hydrogen-bond acceptors (Lipinski definition) is 3. The third kappa shape index (κ3) is 5.67. The molecule has 1 unspecified atom stereocenters. The van der Waals surface area contributed by atoms with E-state index in [2.05, 4.69) is 5.32 Å². The summed E-state index contributed by atoms with van der Waals surface area (Å²) in [6.45, 7) is -0.280. The van der Waals surface area contributed by atoms with Crippen molar-refractivity contribution in [1.29, 1.82) is 0 Å². The van der Waals surface area contributed by atoms with Crippen LogP contribution in [0.25, 0.3) is 0 Å². The highest BCUT2D eigenvalue weighted by Gasteiger charge is 2.14. The molecule has 2 rings (SSSR count). The zero-order chi connectivity index (χ0) is 16.7.